The zero-order valence-corrected chi connectivity index (χ0v) is 20.3. The lowest BCUT2D eigenvalue weighted by molar-refractivity contribution is 0.0578. The maximum Gasteiger partial charge on any atom is 0.358 e. The second-order valence-corrected chi connectivity index (χ2v) is 8.52. The number of imidazole rings is 2. The fourth-order valence-electron chi connectivity index (χ4n) is 4.79. The number of carbonyl (C=O) groups excluding carboxylic acids is 2. The zero-order chi connectivity index (χ0) is 25.2. The number of hydrogen-bond acceptors (Lipinski definition) is 7. The first-order chi connectivity index (χ1) is 17.5. The van der Waals surface area contributed by atoms with Crippen LogP contribution in [-0.2, 0) is 33.7 Å². The molecule has 2 aliphatic heterocycles. The van der Waals surface area contributed by atoms with E-state index in [-0.39, 0.29) is 12.1 Å². The lowest BCUT2D eigenvalue weighted by atomic mass is 9.95. The van der Waals surface area contributed by atoms with E-state index in [0.29, 0.717) is 17.9 Å². The molecule has 36 heavy (non-hydrogen) atoms. The molecule has 0 bridgehead atoms. The van der Waals surface area contributed by atoms with E-state index in [0.717, 1.165) is 29.9 Å². The summed E-state index contributed by atoms with van der Waals surface area (Å²) >= 11 is 0. The summed E-state index contributed by atoms with van der Waals surface area (Å²) in [4.78, 5) is 31.6. The van der Waals surface area contributed by atoms with E-state index in [4.69, 9.17) is 14.2 Å². The van der Waals surface area contributed by atoms with Gasteiger partial charge < -0.3 is 23.3 Å². The predicted octanol–water partition coefficient (Wildman–Crippen LogP) is 3.39. The molecule has 0 fully saturated rings. The van der Waals surface area contributed by atoms with E-state index in [2.05, 4.69) is 28.2 Å². The molecule has 2 aliphatic rings. The molecule has 9 nitrogen and oxygen atoms in total. The number of ether oxygens (including phenoxy) is 3. The molecule has 4 aromatic rings. The number of fused-ring (bicyclic) bond motifs is 4. The summed E-state index contributed by atoms with van der Waals surface area (Å²) in [5.74, 6) is -0.798. The van der Waals surface area contributed by atoms with Gasteiger partial charge >= 0.3 is 11.9 Å². The number of rotatable bonds is 3. The number of benzene rings is 2. The van der Waals surface area contributed by atoms with Crippen molar-refractivity contribution in [1.82, 2.24) is 19.1 Å². The van der Waals surface area contributed by atoms with Crippen LogP contribution in [0.4, 0.5) is 0 Å². The molecular weight excluding hydrogens is 460 g/mol. The minimum atomic E-state index is -0.435. The lowest BCUT2D eigenvalue weighted by Gasteiger charge is -2.26. The molecule has 1 atom stereocenters. The fourth-order valence-corrected chi connectivity index (χ4v) is 4.79. The van der Waals surface area contributed by atoms with Crippen LogP contribution >= 0.6 is 0 Å². The quantitative estimate of drug-likeness (QED) is 0.361. The van der Waals surface area contributed by atoms with Gasteiger partial charge in [-0.2, -0.15) is 0 Å². The standard InChI is InChI=1S/C14H14N2O3.C13H12N2O2/c1-18-13-10-6-4-3-5-9(10)7-16-8-15-11(12(13)16)14(17)19-2;1-17-13(16)12-11-6-9-4-2-3-5-10(9)7-15(11)8-14-12/h3-6,8,13H,7H2,1-2H3;2-5,8H,6-7H2,1H3. The minimum absolute atomic E-state index is 0.290. The van der Waals surface area contributed by atoms with Crippen LogP contribution in [0.2, 0.25) is 0 Å². The Labute approximate surface area is 208 Å². The van der Waals surface area contributed by atoms with Crippen molar-refractivity contribution in [3.8, 4) is 0 Å². The maximum atomic E-state index is 11.8. The highest BCUT2D eigenvalue weighted by molar-refractivity contribution is 5.89. The van der Waals surface area contributed by atoms with Crippen LogP contribution in [-0.4, -0.2) is 52.4 Å². The Balaban J connectivity index is 0.000000149. The molecule has 4 heterocycles. The summed E-state index contributed by atoms with van der Waals surface area (Å²) in [6, 6.07) is 16.3. The molecule has 0 radical (unpaired) electrons. The molecule has 0 N–H and O–H groups in total. The van der Waals surface area contributed by atoms with Crippen molar-refractivity contribution in [2.45, 2.75) is 25.6 Å². The van der Waals surface area contributed by atoms with E-state index < -0.39 is 5.97 Å². The Hall–Kier alpha value is -4.24. The molecule has 0 spiro atoms. The van der Waals surface area contributed by atoms with Gasteiger partial charge in [0, 0.05) is 26.6 Å². The Morgan fingerprint density at radius 3 is 2.08 bits per heavy atom. The van der Waals surface area contributed by atoms with Crippen molar-refractivity contribution in [2.75, 3.05) is 21.3 Å². The highest BCUT2D eigenvalue weighted by Crippen LogP contribution is 2.35. The number of nitrogens with zero attached hydrogens (tertiary/aromatic N) is 4. The molecule has 0 amide bonds. The summed E-state index contributed by atoms with van der Waals surface area (Å²) in [7, 11) is 4.36. The molecule has 184 valence electrons. The molecule has 0 aliphatic carbocycles. The highest BCUT2D eigenvalue weighted by Gasteiger charge is 2.31. The second-order valence-electron chi connectivity index (χ2n) is 8.52. The van der Waals surface area contributed by atoms with Crippen molar-refractivity contribution >= 4 is 11.9 Å². The first-order valence-corrected chi connectivity index (χ1v) is 11.5. The summed E-state index contributed by atoms with van der Waals surface area (Å²) in [6.45, 7) is 1.46. The van der Waals surface area contributed by atoms with Crippen LogP contribution in [0.15, 0.2) is 61.2 Å². The molecule has 0 saturated carbocycles. The third-order valence-electron chi connectivity index (χ3n) is 6.56. The van der Waals surface area contributed by atoms with Crippen LogP contribution in [0.25, 0.3) is 0 Å². The van der Waals surface area contributed by atoms with Crippen molar-refractivity contribution in [3.63, 3.8) is 0 Å². The maximum absolute atomic E-state index is 11.8. The Bertz CT molecular complexity index is 1440. The van der Waals surface area contributed by atoms with Gasteiger partial charge in [-0.3, -0.25) is 0 Å². The molecule has 0 saturated heterocycles. The van der Waals surface area contributed by atoms with E-state index >= 15 is 0 Å². The van der Waals surface area contributed by atoms with Gasteiger partial charge in [0.2, 0.25) is 0 Å². The molecule has 6 rings (SSSR count). The third kappa shape index (κ3) is 4.07. The number of methoxy groups -OCH3 is 3. The predicted molar refractivity (Wildman–Crippen MR) is 130 cm³/mol. The molecule has 1 unspecified atom stereocenters. The fraction of sp³-hybridized carbons (Fsp3) is 0.259. The normalized spacial score (nSPS) is 14.8. The summed E-state index contributed by atoms with van der Waals surface area (Å²) in [5, 5.41) is 0. The topological polar surface area (TPSA) is 97.5 Å². The number of aromatic nitrogens is 4. The Morgan fingerprint density at radius 2 is 1.36 bits per heavy atom. The Kier molecular flexibility index (Phi) is 6.39. The van der Waals surface area contributed by atoms with Gasteiger partial charge in [0.1, 0.15) is 6.10 Å². The first-order valence-electron chi connectivity index (χ1n) is 11.5. The van der Waals surface area contributed by atoms with Gasteiger partial charge in [-0.05, 0) is 22.3 Å². The van der Waals surface area contributed by atoms with Crippen LogP contribution in [0.5, 0.6) is 0 Å². The van der Waals surface area contributed by atoms with Crippen molar-refractivity contribution in [2.24, 2.45) is 0 Å². The van der Waals surface area contributed by atoms with Crippen molar-refractivity contribution in [3.05, 3.63) is 106 Å². The van der Waals surface area contributed by atoms with Crippen molar-refractivity contribution in [1.29, 1.82) is 0 Å². The van der Waals surface area contributed by atoms with E-state index in [9.17, 15) is 9.59 Å². The third-order valence-corrected chi connectivity index (χ3v) is 6.56. The van der Waals surface area contributed by atoms with Gasteiger partial charge in [-0.1, -0.05) is 48.5 Å². The Morgan fingerprint density at radius 1 is 0.778 bits per heavy atom. The molecule has 2 aromatic carbocycles. The van der Waals surface area contributed by atoms with Crippen molar-refractivity contribution < 1.29 is 23.8 Å². The number of hydrogen-bond donors (Lipinski definition) is 0. The first kappa shape index (κ1) is 23.5. The summed E-state index contributed by atoms with van der Waals surface area (Å²) in [5.41, 5.74) is 7.24. The van der Waals surface area contributed by atoms with E-state index in [1.165, 1.54) is 30.9 Å². The SMILES string of the molecule is COC(=O)c1ncn2c1C(OC)c1ccccc1C2.COC(=O)c1ncn2c1Cc1ccccc1C2. The van der Waals surface area contributed by atoms with Gasteiger partial charge in [0.25, 0.3) is 0 Å². The van der Waals surface area contributed by atoms with Gasteiger partial charge in [0.15, 0.2) is 11.4 Å². The minimum Gasteiger partial charge on any atom is -0.464 e. The summed E-state index contributed by atoms with van der Waals surface area (Å²) < 4.78 is 19.0. The summed E-state index contributed by atoms with van der Waals surface area (Å²) in [6.07, 6.45) is 3.81. The monoisotopic (exact) mass is 486 g/mol. The average molecular weight is 487 g/mol. The largest absolute Gasteiger partial charge is 0.464 e. The molecular formula is C27H26N4O5. The van der Waals surface area contributed by atoms with Gasteiger partial charge in [-0.15, -0.1) is 0 Å². The smallest absolute Gasteiger partial charge is 0.358 e. The number of carbonyl (C=O) groups is 2. The van der Waals surface area contributed by atoms with Gasteiger partial charge in [0.05, 0.1) is 38.3 Å². The highest BCUT2D eigenvalue weighted by atomic mass is 16.5. The number of esters is 2. The lowest BCUT2D eigenvalue weighted by Crippen LogP contribution is -2.22. The zero-order valence-electron chi connectivity index (χ0n) is 20.3. The molecule has 9 heteroatoms. The second kappa shape index (κ2) is 9.79. The van der Waals surface area contributed by atoms with Crippen LogP contribution in [0.3, 0.4) is 0 Å². The van der Waals surface area contributed by atoms with E-state index in [1.54, 1.807) is 19.8 Å². The average Bonchev–Trinajstić information content (AvgIpc) is 3.53. The van der Waals surface area contributed by atoms with Gasteiger partial charge in [-0.25, -0.2) is 19.6 Å². The van der Waals surface area contributed by atoms with E-state index in [1.807, 2.05) is 39.5 Å². The van der Waals surface area contributed by atoms with Crippen LogP contribution < -0.4 is 0 Å². The van der Waals surface area contributed by atoms with Crippen LogP contribution in [0, 0.1) is 0 Å². The molecule has 2 aromatic heterocycles. The van der Waals surface area contributed by atoms with Crippen LogP contribution in [0.1, 0.15) is 60.7 Å².